The van der Waals surface area contributed by atoms with Crippen molar-refractivity contribution in [2.45, 2.75) is 25.2 Å². The van der Waals surface area contributed by atoms with Crippen molar-refractivity contribution in [3.8, 4) is 6.07 Å². The standard InChI is InChI=1S/C15H17FN2O2/c16-14-12(9-17)3-1-4-13(14)10-18-6-2-5-15(11-18)19-7-8-20-15/h1,3-4H,2,5-8,10-11H2. The predicted molar refractivity (Wildman–Crippen MR) is 70.3 cm³/mol. The molecule has 1 aromatic rings. The van der Waals surface area contributed by atoms with Gasteiger partial charge in [0.1, 0.15) is 11.9 Å². The average molecular weight is 276 g/mol. The SMILES string of the molecule is N#Cc1cccc(CN2CCCC3(C2)OCCO3)c1F. The molecule has 0 bridgehead atoms. The molecule has 5 heteroatoms. The molecule has 0 aromatic heterocycles. The van der Waals surface area contributed by atoms with E-state index >= 15 is 0 Å². The Morgan fingerprint density at radius 2 is 2.15 bits per heavy atom. The molecule has 0 atom stereocenters. The van der Waals surface area contributed by atoms with Crippen LogP contribution < -0.4 is 0 Å². The van der Waals surface area contributed by atoms with E-state index in [-0.39, 0.29) is 5.56 Å². The monoisotopic (exact) mass is 276 g/mol. The van der Waals surface area contributed by atoms with Gasteiger partial charge in [-0.1, -0.05) is 12.1 Å². The maximum atomic E-state index is 14.1. The minimum atomic E-state index is -0.498. The van der Waals surface area contributed by atoms with Gasteiger partial charge in [-0.15, -0.1) is 0 Å². The van der Waals surface area contributed by atoms with Crippen LogP contribution in [0.25, 0.3) is 0 Å². The lowest BCUT2D eigenvalue weighted by atomic mass is 10.0. The molecule has 0 amide bonds. The number of likely N-dealkylation sites (tertiary alicyclic amines) is 1. The molecule has 3 rings (SSSR count). The van der Waals surface area contributed by atoms with E-state index < -0.39 is 11.6 Å². The van der Waals surface area contributed by atoms with Crippen LogP contribution >= 0.6 is 0 Å². The zero-order valence-electron chi connectivity index (χ0n) is 11.3. The smallest absolute Gasteiger partial charge is 0.181 e. The van der Waals surface area contributed by atoms with Crippen LogP contribution in [0.3, 0.4) is 0 Å². The quantitative estimate of drug-likeness (QED) is 0.829. The molecule has 0 saturated carbocycles. The molecular weight excluding hydrogens is 259 g/mol. The Balaban J connectivity index is 1.73. The maximum Gasteiger partial charge on any atom is 0.181 e. The topological polar surface area (TPSA) is 45.5 Å². The molecule has 20 heavy (non-hydrogen) atoms. The summed E-state index contributed by atoms with van der Waals surface area (Å²) in [6.07, 6.45) is 1.86. The van der Waals surface area contributed by atoms with Gasteiger partial charge in [-0.25, -0.2) is 4.39 Å². The highest BCUT2D eigenvalue weighted by Crippen LogP contribution is 2.31. The summed E-state index contributed by atoms with van der Waals surface area (Å²) in [7, 11) is 0. The Morgan fingerprint density at radius 3 is 2.90 bits per heavy atom. The molecule has 1 spiro atoms. The van der Waals surface area contributed by atoms with Crippen LogP contribution in [0.4, 0.5) is 4.39 Å². The molecule has 2 fully saturated rings. The third-order valence-corrected chi connectivity index (χ3v) is 3.90. The van der Waals surface area contributed by atoms with Crippen molar-refractivity contribution in [2.24, 2.45) is 0 Å². The summed E-state index contributed by atoms with van der Waals surface area (Å²) in [4.78, 5) is 2.13. The number of piperidine rings is 1. The third kappa shape index (κ3) is 2.55. The van der Waals surface area contributed by atoms with E-state index in [1.807, 2.05) is 6.07 Å². The molecule has 2 heterocycles. The van der Waals surface area contributed by atoms with E-state index in [0.29, 0.717) is 31.9 Å². The zero-order chi connectivity index (χ0) is 14.0. The number of nitrogens with zero attached hydrogens (tertiary/aromatic N) is 2. The van der Waals surface area contributed by atoms with Crippen LogP contribution in [0.5, 0.6) is 0 Å². The van der Waals surface area contributed by atoms with Gasteiger partial charge in [0.25, 0.3) is 0 Å². The average Bonchev–Trinajstić information content (AvgIpc) is 2.89. The highest BCUT2D eigenvalue weighted by Gasteiger charge is 2.40. The second kappa shape index (κ2) is 5.49. The molecule has 2 aliphatic rings. The maximum absolute atomic E-state index is 14.1. The summed E-state index contributed by atoms with van der Waals surface area (Å²) < 4.78 is 25.5. The van der Waals surface area contributed by atoms with Crippen molar-refractivity contribution >= 4 is 0 Å². The van der Waals surface area contributed by atoms with E-state index in [1.165, 1.54) is 6.07 Å². The molecule has 2 aliphatic heterocycles. The summed E-state index contributed by atoms with van der Waals surface area (Å²) in [6, 6.07) is 6.83. The molecular formula is C15H17FN2O2. The summed E-state index contributed by atoms with van der Waals surface area (Å²) in [5.41, 5.74) is 0.654. The lowest BCUT2D eigenvalue weighted by molar-refractivity contribution is -0.190. The fourth-order valence-electron chi connectivity index (χ4n) is 2.97. The lowest BCUT2D eigenvalue weighted by Crippen LogP contribution is -2.48. The van der Waals surface area contributed by atoms with Crippen LogP contribution in [0.2, 0.25) is 0 Å². The first-order valence-electron chi connectivity index (χ1n) is 6.90. The number of benzene rings is 1. The van der Waals surface area contributed by atoms with Gasteiger partial charge >= 0.3 is 0 Å². The van der Waals surface area contributed by atoms with Gasteiger partial charge in [0.2, 0.25) is 0 Å². The number of hydrogen-bond acceptors (Lipinski definition) is 4. The van der Waals surface area contributed by atoms with Crippen LogP contribution in [0.15, 0.2) is 18.2 Å². The van der Waals surface area contributed by atoms with E-state index in [9.17, 15) is 4.39 Å². The van der Waals surface area contributed by atoms with Crippen molar-refractivity contribution < 1.29 is 13.9 Å². The summed E-state index contributed by atoms with van der Waals surface area (Å²) >= 11 is 0. The van der Waals surface area contributed by atoms with E-state index in [2.05, 4.69) is 4.90 Å². The van der Waals surface area contributed by atoms with Crippen molar-refractivity contribution in [3.63, 3.8) is 0 Å². The molecule has 4 nitrogen and oxygen atoms in total. The fourth-order valence-corrected chi connectivity index (χ4v) is 2.97. The second-order valence-corrected chi connectivity index (χ2v) is 5.31. The second-order valence-electron chi connectivity index (χ2n) is 5.31. The lowest BCUT2D eigenvalue weighted by Gasteiger charge is -2.38. The first-order valence-corrected chi connectivity index (χ1v) is 6.90. The number of hydrogen-bond donors (Lipinski definition) is 0. The van der Waals surface area contributed by atoms with Crippen molar-refractivity contribution in [3.05, 3.63) is 35.1 Å². The zero-order valence-corrected chi connectivity index (χ0v) is 11.3. The number of ether oxygens (including phenoxy) is 2. The summed E-state index contributed by atoms with van der Waals surface area (Å²) in [5.74, 6) is -0.912. The molecule has 0 aliphatic carbocycles. The Labute approximate surface area is 117 Å². The van der Waals surface area contributed by atoms with Gasteiger partial charge in [-0.3, -0.25) is 4.90 Å². The van der Waals surface area contributed by atoms with Gasteiger partial charge in [-0.05, 0) is 19.0 Å². The van der Waals surface area contributed by atoms with E-state index in [4.69, 9.17) is 14.7 Å². The molecule has 0 N–H and O–H groups in total. The highest BCUT2D eigenvalue weighted by atomic mass is 19.1. The Kier molecular flexibility index (Phi) is 3.70. The molecule has 1 aromatic carbocycles. The number of nitriles is 1. The minimum absolute atomic E-state index is 0.0996. The van der Waals surface area contributed by atoms with Crippen LogP contribution in [-0.2, 0) is 16.0 Å². The molecule has 0 radical (unpaired) electrons. The van der Waals surface area contributed by atoms with Gasteiger partial charge in [0.15, 0.2) is 5.79 Å². The highest BCUT2D eigenvalue weighted by molar-refractivity contribution is 5.34. The van der Waals surface area contributed by atoms with Crippen molar-refractivity contribution in [1.29, 1.82) is 5.26 Å². The Hall–Kier alpha value is -1.48. The van der Waals surface area contributed by atoms with Crippen molar-refractivity contribution in [2.75, 3.05) is 26.3 Å². The van der Waals surface area contributed by atoms with Crippen molar-refractivity contribution in [1.82, 2.24) is 4.90 Å². The first-order chi connectivity index (χ1) is 9.72. The van der Waals surface area contributed by atoms with Crippen LogP contribution in [0, 0.1) is 17.1 Å². The normalized spacial score (nSPS) is 22.0. The first kappa shape index (κ1) is 13.5. The van der Waals surface area contributed by atoms with Gasteiger partial charge in [0, 0.05) is 18.5 Å². The number of rotatable bonds is 2. The fraction of sp³-hybridized carbons (Fsp3) is 0.533. The third-order valence-electron chi connectivity index (χ3n) is 3.90. The largest absolute Gasteiger partial charge is 0.346 e. The van der Waals surface area contributed by atoms with Gasteiger partial charge in [-0.2, -0.15) is 5.26 Å². The summed E-state index contributed by atoms with van der Waals surface area (Å²) in [5, 5.41) is 8.87. The van der Waals surface area contributed by atoms with E-state index in [1.54, 1.807) is 12.1 Å². The Bertz CT molecular complexity index is 535. The minimum Gasteiger partial charge on any atom is -0.346 e. The van der Waals surface area contributed by atoms with E-state index in [0.717, 1.165) is 19.4 Å². The van der Waals surface area contributed by atoms with Gasteiger partial charge in [0.05, 0.1) is 25.3 Å². The van der Waals surface area contributed by atoms with Crippen LogP contribution in [0.1, 0.15) is 24.0 Å². The Morgan fingerprint density at radius 1 is 1.35 bits per heavy atom. The van der Waals surface area contributed by atoms with Crippen LogP contribution in [-0.4, -0.2) is 37.0 Å². The number of halogens is 1. The predicted octanol–water partition coefficient (Wildman–Crippen LogP) is 2.04. The summed E-state index contributed by atoms with van der Waals surface area (Å²) in [6.45, 7) is 3.29. The molecule has 2 saturated heterocycles. The van der Waals surface area contributed by atoms with Gasteiger partial charge < -0.3 is 9.47 Å². The molecule has 0 unspecified atom stereocenters. The molecule has 106 valence electrons.